The van der Waals surface area contributed by atoms with Gasteiger partial charge in [0.05, 0.1) is 0 Å². The summed E-state index contributed by atoms with van der Waals surface area (Å²) in [6.45, 7) is 4.49. The second-order valence-corrected chi connectivity index (χ2v) is 8.70. The first-order valence-corrected chi connectivity index (χ1v) is 10.7. The summed E-state index contributed by atoms with van der Waals surface area (Å²) in [6.07, 6.45) is 8.15. The third-order valence-electron chi connectivity index (χ3n) is 6.16. The highest BCUT2D eigenvalue weighted by Gasteiger charge is 2.33. The molecule has 6 heteroatoms. The highest BCUT2D eigenvalue weighted by Crippen LogP contribution is 2.39. The molecule has 0 aromatic carbocycles. The lowest BCUT2D eigenvalue weighted by Crippen LogP contribution is -2.44. The van der Waals surface area contributed by atoms with Gasteiger partial charge in [0.15, 0.2) is 0 Å². The van der Waals surface area contributed by atoms with E-state index >= 15 is 0 Å². The van der Waals surface area contributed by atoms with E-state index in [1.807, 2.05) is 0 Å². The van der Waals surface area contributed by atoms with E-state index in [2.05, 4.69) is 24.5 Å². The normalized spacial score (nSPS) is 35.8. The number of hydrogen-bond donors (Lipinski definition) is 2. The van der Waals surface area contributed by atoms with E-state index in [-0.39, 0.29) is 35.7 Å². The van der Waals surface area contributed by atoms with Crippen molar-refractivity contribution < 1.29 is 9.59 Å². The molecule has 2 saturated carbocycles. The van der Waals surface area contributed by atoms with Crippen molar-refractivity contribution in [2.24, 2.45) is 23.7 Å². The molecule has 25 heavy (non-hydrogen) atoms. The summed E-state index contributed by atoms with van der Waals surface area (Å²) < 4.78 is 0. The van der Waals surface area contributed by atoms with Crippen LogP contribution in [0.4, 0.5) is 0 Å². The van der Waals surface area contributed by atoms with Crippen LogP contribution in [0.2, 0.25) is 0 Å². The second kappa shape index (κ2) is 10.0. The van der Waals surface area contributed by atoms with Crippen LogP contribution in [0.3, 0.4) is 0 Å². The largest absolute Gasteiger partial charge is 0.352 e. The number of halogens is 2. The zero-order valence-electron chi connectivity index (χ0n) is 15.4. The molecule has 0 aliphatic heterocycles. The van der Waals surface area contributed by atoms with Gasteiger partial charge in [-0.05, 0) is 68.6 Å². The monoisotopic (exact) mass is 390 g/mol. The van der Waals surface area contributed by atoms with Crippen molar-refractivity contribution in [3.8, 4) is 0 Å². The number of nitrogens with one attached hydrogen (secondary N) is 2. The zero-order valence-corrected chi connectivity index (χ0v) is 16.9. The molecule has 0 spiro atoms. The van der Waals surface area contributed by atoms with Crippen molar-refractivity contribution in [3.63, 3.8) is 0 Å². The topological polar surface area (TPSA) is 58.2 Å². The van der Waals surface area contributed by atoms with Gasteiger partial charge in [-0.25, -0.2) is 0 Å². The van der Waals surface area contributed by atoms with Crippen LogP contribution in [0.15, 0.2) is 0 Å². The maximum atomic E-state index is 11.5. The summed E-state index contributed by atoms with van der Waals surface area (Å²) in [4.78, 5) is 23.0. The predicted octanol–water partition coefficient (Wildman–Crippen LogP) is 3.70. The van der Waals surface area contributed by atoms with Crippen LogP contribution in [0.1, 0.15) is 58.8 Å². The lowest BCUT2D eigenvalue weighted by Gasteiger charge is -2.39. The molecular weight excluding hydrogens is 359 g/mol. The molecule has 0 unspecified atom stereocenters. The van der Waals surface area contributed by atoms with Crippen molar-refractivity contribution >= 4 is 35.0 Å². The van der Waals surface area contributed by atoms with Crippen LogP contribution in [-0.4, -0.2) is 35.7 Å². The summed E-state index contributed by atoms with van der Waals surface area (Å²) in [6, 6.07) is 0.561. The Morgan fingerprint density at radius 3 is 1.52 bits per heavy atom. The Bertz CT molecular complexity index is 421. The lowest BCUT2D eigenvalue weighted by molar-refractivity contribution is -0.120. The van der Waals surface area contributed by atoms with Gasteiger partial charge in [-0.2, -0.15) is 0 Å². The molecule has 0 saturated heterocycles. The number of hydrogen-bond acceptors (Lipinski definition) is 2. The second-order valence-electron chi connectivity index (χ2n) is 8.16. The fraction of sp³-hybridized carbons (Fsp3) is 0.895. The smallest absolute Gasteiger partial charge is 0.235 e. The van der Waals surface area contributed by atoms with Crippen molar-refractivity contribution in [1.82, 2.24) is 10.6 Å². The summed E-state index contributed by atoms with van der Waals surface area (Å²) >= 11 is 11.2. The Hall–Kier alpha value is -0.480. The van der Waals surface area contributed by atoms with E-state index < -0.39 is 0 Å². The molecule has 2 aliphatic carbocycles. The third kappa shape index (κ3) is 6.32. The van der Waals surface area contributed by atoms with Gasteiger partial charge in [0.2, 0.25) is 11.8 Å². The molecule has 0 aromatic rings. The maximum Gasteiger partial charge on any atom is 0.235 e. The minimum absolute atomic E-state index is 0.0496. The summed E-state index contributed by atoms with van der Waals surface area (Å²) in [5, 5.41) is 6.11. The number of carbonyl (C=O) groups excluding carboxylic acids is 2. The van der Waals surface area contributed by atoms with Gasteiger partial charge in [0.1, 0.15) is 11.8 Å². The number of alkyl halides is 2. The van der Waals surface area contributed by atoms with E-state index in [4.69, 9.17) is 23.2 Å². The molecule has 2 rings (SSSR count). The van der Waals surface area contributed by atoms with Gasteiger partial charge in [-0.1, -0.05) is 13.8 Å². The third-order valence-corrected chi connectivity index (χ3v) is 6.64. The van der Waals surface area contributed by atoms with E-state index in [1.54, 1.807) is 0 Å². The Labute approximate surface area is 161 Å². The molecular formula is C19H32Cl2N2O2. The van der Waals surface area contributed by atoms with Crippen LogP contribution < -0.4 is 10.6 Å². The van der Waals surface area contributed by atoms with Crippen molar-refractivity contribution in [2.45, 2.75) is 70.9 Å². The van der Waals surface area contributed by atoms with Crippen LogP contribution in [-0.2, 0) is 9.59 Å². The van der Waals surface area contributed by atoms with Gasteiger partial charge >= 0.3 is 0 Å². The first kappa shape index (κ1) is 20.8. The maximum absolute atomic E-state index is 11.5. The summed E-state index contributed by atoms with van der Waals surface area (Å²) in [7, 11) is 0. The van der Waals surface area contributed by atoms with Crippen molar-refractivity contribution in [1.29, 1.82) is 0 Å². The SMILES string of the molecule is C[C@@H]1C[C@H](C[C@@H]2CC[C@H](NC(=O)CCl)[C@@H](C)C2)CC[C@H]1NC(=O)CCl. The molecule has 0 heterocycles. The van der Waals surface area contributed by atoms with Crippen molar-refractivity contribution in [3.05, 3.63) is 0 Å². The number of amides is 2. The molecule has 0 bridgehead atoms. The fourth-order valence-electron chi connectivity index (χ4n) is 4.83. The highest BCUT2D eigenvalue weighted by atomic mass is 35.5. The van der Waals surface area contributed by atoms with Gasteiger partial charge in [-0.15, -0.1) is 23.2 Å². The van der Waals surface area contributed by atoms with E-state index in [0.717, 1.165) is 24.7 Å². The quantitative estimate of drug-likeness (QED) is 0.679. The van der Waals surface area contributed by atoms with Crippen LogP contribution in [0, 0.1) is 23.7 Å². The average molecular weight is 391 g/mol. The number of carbonyl (C=O) groups is 2. The molecule has 6 atom stereocenters. The first-order valence-electron chi connectivity index (χ1n) is 9.63. The Balaban J connectivity index is 1.75. The number of rotatable bonds is 6. The Morgan fingerprint density at radius 1 is 0.800 bits per heavy atom. The van der Waals surface area contributed by atoms with E-state index in [1.165, 1.54) is 32.1 Å². The van der Waals surface area contributed by atoms with E-state index in [0.29, 0.717) is 11.8 Å². The molecule has 144 valence electrons. The lowest BCUT2D eigenvalue weighted by atomic mass is 9.70. The molecule has 2 aliphatic rings. The van der Waals surface area contributed by atoms with Gasteiger partial charge < -0.3 is 10.6 Å². The van der Waals surface area contributed by atoms with Crippen LogP contribution in [0.5, 0.6) is 0 Å². The zero-order chi connectivity index (χ0) is 18.4. The standard InChI is InChI=1S/C19H32Cl2N2O2/c1-12-7-14(3-5-16(12)22-18(24)10-20)9-15-4-6-17(13(2)8-15)23-19(25)11-21/h12-17H,3-11H2,1-2H3,(H,22,24)(H,23,25)/t12-,13+,14-,15-,16-,17+/m1/s1. The van der Waals surface area contributed by atoms with Crippen molar-refractivity contribution in [2.75, 3.05) is 11.8 Å². The fourth-order valence-corrected chi connectivity index (χ4v) is 4.99. The predicted molar refractivity (Wildman–Crippen MR) is 103 cm³/mol. The molecule has 4 nitrogen and oxygen atoms in total. The molecule has 0 radical (unpaired) electrons. The van der Waals surface area contributed by atoms with Gasteiger partial charge in [-0.3, -0.25) is 9.59 Å². The molecule has 2 N–H and O–H groups in total. The minimum Gasteiger partial charge on any atom is -0.352 e. The van der Waals surface area contributed by atoms with E-state index in [9.17, 15) is 9.59 Å². The molecule has 0 aromatic heterocycles. The summed E-state index contributed by atoms with van der Waals surface area (Å²) in [5.41, 5.74) is 0. The minimum atomic E-state index is -0.0527. The molecule has 2 fully saturated rings. The van der Waals surface area contributed by atoms with Gasteiger partial charge in [0, 0.05) is 12.1 Å². The molecule has 2 amide bonds. The summed E-state index contributed by atoms with van der Waals surface area (Å²) in [5.74, 6) is 2.54. The highest BCUT2D eigenvalue weighted by molar-refractivity contribution is 6.27. The Kier molecular flexibility index (Phi) is 8.34. The Morgan fingerprint density at radius 2 is 1.20 bits per heavy atom. The van der Waals surface area contributed by atoms with Crippen LogP contribution in [0.25, 0.3) is 0 Å². The van der Waals surface area contributed by atoms with Gasteiger partial charge in [0.25, 0.3) is 0 Å². The first-order chi connectivity index (χ1) is 11.9. The average Bonchev–Trinajstić information content (AvgIpc) is 2.59. The van der Waals surface area contributed by atoms with Crippen LogP contribution >= 0.6 is 23.2 Å².